The number of nitrogens with one attached hydrogen (secondary N) is 1. The van der Waals surface area contributed by atoms with Crippen LogP contribution in [0.25, 0.3) is 0 Å². The molecule has 0 aromatic heterocycles. The Morgan fingerprint density at radius 1 is 1.17 bits per heavy atom. The van der Waals surface area contributed by atoms with E-state index in [1.807, 2.05) is 45.0 Å². The zero-order valence-corrected chi connectivity index (χ0v) is 19.4. The van der Waals surface area contributed by atoms with Crippen molar-refractivity contribution in [3.63, 3.8) is 0 Å². The summed E-state index contributed by atoms with van der Waals surface area (Å²) in [7, 11) is 0. The summed E-state index contributed by atoms with van der Waals surface area (Å²) < 4.78 is 6.34. The zero-order chi connectivity index (χ0) is 21.6. The van der Waals surface area contributed by atoms with E-state index in [1.165, 1.54) is 4.90 Å². The highest BCUT2D eigenvalue weighted by molar-refractivity contribution is 9.10. The van der Waals surface area contributed by atoms with Crippen molar-refractivity contribution >= 4 is 39.3 Å². The van der Waals surface area contributed by atoms with Crippen molar-refractivity contribution in [2.24, 2.45) is 0 Å². The number of aryl methyl sites for hydroxylation is 1. The lowest BCUT2D eigenvalue weighted by molar-refractivity contribution is -0.142. The molecule has 0 aliphatic heterocycles. The lowest BCUT2D eigenvalue weighted by Crippen LogP contribution is -2.50. The Labute approximate surface area is 185 Å². The van der Waals surface area contributed by atoms with Crippen LogP contribution in [0.1, 0.15) is 31.9 Å². The van der Waals surface area contributed by atoms with Crippen LogP contribution >= 0.6 is 27.5 Å². The highest BCUT2D eigenvalue weighted by Crippen LogP contribution is 2.28. The lowest BCUT2D eigenvalue weighted by atomic mass is 10.1. The van der Waals surface area contributed by atoms with E-state index in [0.29, 0.717) is 21.8 Å². The molecular weight excluding hydrogens is 456 g/mol. The molecule has 0 aliphatic rings. The van der Waals surface area contributed by atoms with Crippen molar-refractivity contribution in [1.82, 2.24) is 10.2 Å². The Morgan fingerprint density at radius 2 is 1.90 bits per heavy atom. The number of amides is 2. The molecule has 1 atom stereocenters. The van der Waals surface area contributed by atoms with Crippen LogP contribution in [0.15, 0.2) is 46.9 Å². The molecule has 0 radical (unpaired) electrons. The molecule has 0 saturated heterocycles. The van der Waals surface area contributed by atoms with Crippen LogP contribution in [-0.4, -0.2) is 35.4 Å². The first-order valence-electron chi connectivity index (χ1n) is 9.40. The number of halogens is 2. The molecule has 2 aromatic rings. The number of hydrogen-bond donors (Lipinski definition) is 1. The summed E-state index contributed by atoms with van der Waals surface area (Å²) in [6.07, 6.45) is 0. The Balaban J connectivity index is 2.17. The Hall–Kier alpha value is -2.05. The maximum atomic E-state index is 13.0. The third kappa shape index (κ3) is 7.05. The van der Waals surface area contributed by atoms with Gasteiger partial charge >= 0.3 is 0 Å². The number of hydrogen-bond acceptors (Lipinski definition) is 3. The molecule has 0 fully saturated rings. The lowest BCUT2D eigenvalue weighted by Gasteiger charge is -2.29. The van der Waals surface area contributed by atoms with Gasteiger partial charge in [0.2, 0.25) is 5.91 Å². The van der Waals surface area contributed by atoms with Gasteiger partial charge in [0.05, 0.1) is 4.47 Å². The highest BCUT2D eigenvalue weighted by atomic mass is 79.9. The summed E-state index contributed by atoms with van der Waals surface area (Å²) in [6, 6.07) is 12.3. The standard InChI is InChI=1S/C22H26BrClN2O3/c1-14(2)25-22(28)16(4)26(12-17-7-5-6-15(3)10-17)21(27)13-29-20-9-8-18(24)11-19(20)23/h5-11,14,16H,12-13H2,1-4H3,(H,25,28)/t16-/m1/s1. The van der Waals surface area contributed by atoms with E-state index in [-0.39, 0.29) is 24.5 Å². The van der Waals surface area contributed by atoms with Gasteiger partial charge in [-0.15, -0.1) is 0 Å². The van der Waals surface area contributed by atoms with Crippen molar-refractivity contribution in [1.29, 1.82) is 0 Å². The third-order valence-electron chi connectivity index (χ3n) is 4.28. The van der Waals surface area contributed by atoms with Crippen molar-refractivity contribution in [2.45, 2.75) is 46.3 Å². The summed E-state index contributed by atoms with van der Waals surface area (Å²) in [5.74, 6) is 0.0333. The summed E-state index contributed by atoms with van der Waals surface area (Å²) >= 11 is 9.32. The van der Waals surface area contributed by atoms with E-state index in [2.05, 4.69) is 21.2 Å². The molecule has 0 heterocycles. The first kappa shape index (κ1) is 23.2. The number of benzene rings is 2. The molecule has 29 heavy (non-hydrogen) atoms. The fourth-order valence-corrected chi connectivity index (χ4v) is 3.61. The smallest absolute Gasteiger partial charge is 0.261 e. The first-order valence-corrected chi connectivity index (χ1v) is 10.6. The van der Waals surface area contributed by atoms with Crippen LogP contribution in [0.5, 0.6) is 5.75 Å². The molecule has 2 aromatic carbocycles. The van der Waals surface area contributed by atoms with Crippen LogP contribution in [0, 0.1) is 6.92 Å². The molecule has 0 spiro atoms. The molecule has 0 saturated carbocycles. The van der Waals surface area contributed by atoms with Gasteiger partial charge in [-0.3, -0.25) is 9.59 Å². The maximum Gasteiger partial charge on any atom is 0.261 e. The quantitative estimate of drug-likeness (QED) is 0.593. The van der Waals surface area contributed by atoms with Gasteiger partial charge in [-0.25, -0.2) is 0 Å². The average molecular weight is 482 g/mol. The van der Waals surface area contributed by atoms with Crippen LogP contribution in [0.4, 0.5) is 0 Å². The van der Waals surface area contributed by atoms with Crippen molar-refractivity contribution in [2.75, 3.05) is 6.61 Å². The van der Waals surface area contributed by atoms with E-state index in [4.69, 9.17) is 16.3 Å². The first-order chi connectivity index (χ1) is 13.7. The normalized spacial score (nSPS) is 11.8. The molecule has 7 heteroatoms. The second kappa shape index (κ2) is 10.6. The molecule has 2 amide bonds. The van der Waals surface area contributed by atoms with Crippen LogP contribution in [0.2, 0.25) is 5.02 Å². The molecule has 0 bridgehead atoms. The topological polar surface area (TPSA) is 58.6 Å². The van der Waals surface area contributed by atoms with Gasteiger partial charge in [0.25, 0.3) is 5.91 Å². The number of carbonyl (C=O) groups is 2. The molecule has 5 nitrogen and oxygen atoms in total. The highest BCUT2D eigenvalue weighted by Gasteiger charge is 2.27. The van der Waals surface area contributed by atoms with E-state index >= 15 is 0 Å². The average Bonchev–Trinajstić information content (AvgIpc) is 2.64. The van der Waals surface area contributed by atoms with Crippen LogP contribution in [0.3, 0.4) is 0 Å². The molecule has 1 N–H and O–H groups in total. The van der Waals surface area contributed by atoms with Crippen LogP contribution in [-0.2, 0) is 16.1 Å². The second-order valence-electron chi connectivity index (χ2n) is 7.21. The minimum atomic E-state index is -0.636. The van der Waals surface area contributed by atoms with Crippen molar-refractivity contribution in [3.05, 3.63) is 63.1 Å². The minimum Gasteiger partial charge on any atom is -0.483 e. The van der Waals surface area contributed by atoms with E-state index < -0.39 is 6.04 Å². The van der Waals surface area contributed by atoms with Gasteiger partial charge in [0.15, 0.2) is 6.61 Å². The summed E-state index contributed by atoms with van der Waals surface area (Å²) in [6.45, 7) is 7.62. The second-order valence-corrected chi connectivity index (χ2v) is 8.50. The minimum absolute atomic E-state index is 0.0119. The van der Waals surface area contributed by atoms with Gasteiger partial charge in [0.1, 0.15) is 11.8 Å². The van der Waals surface area contributed by atoms with E-state index in [0.717, 1.165) is 11.1 Å². The monoisotopic (exact) mass is 480 g/mol. The fourth-order valence-electron chi connectivity index (χ4n) is 2.81. The number of nitrogens with zero attached hydrogens (tertiary/aromatic N) is 1. The van der Waals surface area contributed by atoms with Gasteiger partial charge < -0.3 is 15.0 Å². The summed E-state index contributed by atoms with van der Waals surface area (Å²) in [4.78, 5) is 27.1. The largest absolute Gasteiger partial charge is 0.483 e. The van der Waals surface area contributed by atoms with Gasteiger partial charge in [-0.05, 0) is 67.4 Å². The molecule has 156 valence electrons. The van der Waals surface area contributed by atoms with Gasteiger partial charge in [0, 0.05) is 17.6 Å². The molecule has 0 unspecified atom stereocenters. The summed E-state index contributed by atoms with van der Waals surface area (Å²) in [5, 5.41) is 3.43. The number of ether oxygens (including phenoxy) is 1. The predicted octanol–water partition coefficient (Wildman–Crippen LogP) is 4.73. The number of carbonyl (C=O) groups excluding carboxylic acids is 2. The number of rotatable bonds is 8. The Kier molecular flexibility index (Phi) is 8.53. The Bertz CT molecular complexity index is 873. The molecule has 0 aliphatic carbocycles. The fraction of sp³-hybridized carbons (Fsp3) is 0.364. The maximum absolute atomic E-state index is 13.0. The predicted molar refractivity (Wildman–Crippen MR) is 119 cm³/mol. The summed E-state index contributed by atoms with van der Waals surface area (Å²) in [5.41, 5.74) is 2.05. The SMILES string of the molecule is Cc1cccc(CN(C(=O)COc2ccc(Cl)cc2Br)[C@H](C)C(=O)NC(C)C)c1. The molecule has 2 rings (SSSR count). The molecular formula is C22H26BrClN2O3. The van der Waals surface area contributed by atoms with Gasteiger partial charge in [-0.2, -0.15) is 0 Å². The van der Waals surface area contributed by atoms with E-state index in [9.17, 15) is 9.59 Å². The van der Waals surface area contributed by atoms with Gasteiger partial charge in [-0.1, -0.05) is 41.4 Å². The third-order valence-corrected chi connectivity index (χ3v) is 5.13. The van der Waals surface area contributed by atoms with Crippen LogP contribution < -0.4 is 10.1 Å². The van der Waals surface area contributed by atoms with Crippen molar-refractivity contribution < 1.29 is 14.3 Å². The Morgan fingerprint density at radius 3 is 2.52 bits per heavy atom. The van der Waals surface area contributed by atoms with E-state index in [1.54, 1.807) is 25.1 Å². The van der Waals surface area contributed by atoms with Crippen molar-refractivity contribution in [3.8, 4) is 5.75 Å². The zero-order valence-electron chi connectivity index (χ0n) is 17.0.